The van der Waals surface area contributed by atoms with Gasteiger partial charge in [0.1, 0.15) is 6.04 Å². The van der Waals surface area contributed by atoms with E-state index in [0.717, 1.165) is 18.4 Å². The fourth-order valence-electron chi connectivity index (χ4n) is 2.73. The molecule has 22 heavy (non-hydrogen) atoms. The molecule has 0 heterocycles. The highest BCUT2D eigenvalue weighted by Gasteiger charge is 2.21. The molecule has 2 N–H and O–H groups in total. The second-order valence-electron chi connectivity index (χ2n) is 5.91. The van der Waals surface area contributed by atoms with E-state index in [2.05, 4.69) is 10.6 Å². The van der Waals surface area contributed by atoms with Crippen molar-refractivity contribution in [3.05, 3.63) is 34.9 Å². The summed E-state index contributed by atoms with van der Waals surface area (Å²) in [4.78, 5) is 23.9. The zero-order valence-corrected chi connectivity index (χ0v) is 13.7. The molecular weight excluding hydrogens is 300 g/mol. The summed E-state index contributed by atoms with van der Waals surface area (Å²) in [6.07, 6.45) is 5.39. The molecule has 5 heteroatoms. The minimum Gasteiger partial charge on any atom is -0.352 e. The van der Waals surface area contributed by atoms with Gasteiger partial charge in [-0.05, 0) is 43.9 Å². The summed E-state index contributed by atoms with van der Waals surface area (Å²) >= 11 is 5.91. The minimum absolute atomic E-state index is 0.0944. The van der Waals surface area contributed by atoms with Crippen LogP contribution in [0.1, 0.15) is 44.6 Å². The topological polar surface area (TPSA) is 58.2 Å². The van der Waals surface area contributed by atoms with Crippen molar-refractivity contribution in [2.24, 2.45) is 0 Å². The summed E-state index contributed by atoms with van der Waals surface area (Å²) in [7, 11) is 0. The number of aryl methyl sites for hydroxylation is 1. The Hall–Kier alpha value is -1.55. The van der Waals surface area contributed by atoms with E-state index in [9.17, 15) is 9.59 Å². The Morgan fingerprint density at radius 1 is 1.32 bits per heavy atom. The molecule has 1 unspecified atom stereocenters. The normalized spacial score (nSPS) is 16.3. The molecular formula is C17H23ClN2O2. The fourth-order valence-corrected chi connectivity index (χ4v) is 2.94. The van der Waals surface area contributed by atoms with Crippen molar-refractivity contribution in [1.82, 2.24) is 10.6 Å². The van der Waals surface area contributed by atoms with Crippen LogP contribution in [-0.4, -0.2) is 23.9 Å². The molecule has 2 rings (SSSR count). The molecule has 0 bridgehead atoms. The Kier molecular flexibility index (Phi) is 6.25. The van der Waals surface area contributed by atoms with Crippen LogP contribution in [-0.2, 0) is 16.0 Å². The van der Waals surface area contributed by atoms with Crippen LogP contribution < -0.4 is 10.6 Å². The zero-order chi connectivity index (χ0) is 15.9. The monoisotopic (exact) mass is 322 g/mol. The van der Waals surface area contributed by atoms with E-state index >= 15 is 0 Å². The Labute approximate surface area is 136 Å². The number of carbonyl (C=O) groups is 2. The van der Waals surface area contributed by atoms with Crippen LogP contribution in [0.2, 0.25) is 5.02 Å². The van der Waals surface area contributed by atoms with E-state index in [1.165, 1.54) is 12.8 Å². The lowest BCUT2D eigenvalue weighted by Crippen LogP contribution is -2.47. The SMILES string of the molecule is CC(NC(=O)CCc1cccc(Cl)c1)C(=O)NC1CCCC1. The van der Waals surface area contributed by atoms with Crippen molar-refractivity contribution in [3.8, 4) is 0 Å². The van der Waals surface area contributed by atoms with Crippen molar-refractivity contribution in [3.63, 3.8) is 0 Å². The standard InChI is InChI=1S/C17H23ClN2O2/c1-12(17(22)20-15-7-2-3-8-15)19-16(21)10-9-13-5-4-6-14(18)11-13/h4-6,11-12,15H,2-3,7-10H2,1H3,(H,19,21)(H,20,22). The second-order valence-corrected chi connectivity index (χ2v) is 6.35. The van der Waals surface area contributed by atoms with Gasteiger partial charge in [0.2, 0.25) is 11.8 Å². The summed E-state index contributed by atoms with van der Waals surface area (Å²) in [5.74, 6) is -0.211. The van der Waals surface area contributed by atoms with Gasteiger partial charge in [0.05, 0.1) is 0 Å². The van der Waals surface area contributed by atoms with Gasteiger partial charge < -0.3 is 10.6 Å². The highest BCUT2D eigenvalue weighted by atomic mass is 35.5. The van der Waals surface area contributed by atoms with Gasteiger partial charge in [0, 0.05) is 17.5 Å². The van der Waals surface area contributed by atoms with Crippen LogP contribution in [0.4, 0.5) is 0 Å². The second kappa shape index (κ2) is 8.18. The maximum Gasteiger partial charge on any atom is 0.242 e. The maximum atomic E-state index is 12.0. The van der Waals surface area contributed by atoms with Crippen molar-refractivity contribution < 1.29 is 9.59 Å². The van der Waals surface area contributed by atoms with Gasteiger partial charge in [-0.3, -0.25) is 9.59 Å². The quantitative estimate of drug-likeness (QED) is 0.846. The first-order chi connectivity index (χ1) is 10.5. The molecule has 1 atom stereocenters. The molecule has 0 aromatic heterocycles. The third-order valence-corrected chi connectivity index (χ3v) is 4.24. The van der Waals surface area contributed by atoms with Crippen molar-refractivity contribution in [2.75, 3.05) is 0 Å². The highest BCUT2D eigenvalue weighted by Crippen LogP contribution is 2.17. The van der Waals surface area contributed by atoms with E-state index < -0.39 is 6.04 Å². The van der Waals surface area contributed by atoms with E-state index in [1.54, 1.807) is 13.0 Å². The smallest absolute Gasteiger partial charge is 0.242 e. The molecule has 2 amide bonds. The molecule has 1 aromatic carbocycles. The first-order valence-electron chi connectivity index (χ1n) is 7.89. The summed E-state index contributed by atoms with van der Waals surface area (Å²) in [5, 5.41) is 6.42. The number of amides is 2. The van der Waals surface area contributed by atoms with Crippen molar-refractivity contribution in [1.29, 1.82) is 0 Å². The van der Waals surface area contributed by atoms with Crippen molar-refractivity contribution in [2.45, 2.75) is 57.5 Å². The number of benzene rings is 1. The number of hydrogen-bond donors (Lipinski definition) is 2. The Bertz CT molecular complexity index is 527. The van der Waals surface area contributed by atoms with Gasteiger partial charge in [-0.15, -0.1) is 0 Å². The lowest BCUT2D eigenvalue weighted by Gasteiger charge is -2.17. The first kappa shape index (κ1) is 16.8. The number of carbonyl (C=O) groups excluding carboxylic acids is 2. The van der Waals surface area contributed by atoms with E-state index in [1.807, 2.05) is 18.2 Å². The Morgan fingerprint density at radius 3 is 2.73 bits per heavy atom. The largest absolute Gasteiger partial charge is 0.352 e. The summed E-state index contributed by atoms with van der Waals surface area (Å²) in [5.41, 5.74) is 1.02. The molecule has 0 aliphatic heterocycles. The Balaban J connectivity index is 1.72. The molecule has 1 aliphatic rings. The lowest BCUT2D eigenvalue weighted by molar-refractivity contribution is -0.129. The third-order valence-electron chi connectivity index (χ3n) is 4.00. The molecule has 1 aromatic rings. The van der Waals surface area contributed by atoms with Crippen LogP contribution in [0.3, 0.4) is 0 Å². The third kappa shape index (κ3) is 5.34. The summed E-state index contributed by atoms with van der Waals surface area (Å²) in [6, 6.07) is 7.25. The highest BCUT2D eigenvalue weighted by molar-refractivity contribution is 6.30. The van der Waals surface area contributed by atoms with Crippen LogP contribution in [0.25, 0.3) is 0 Å². The molecule has 0 radical (unpaired) electrons. The van der Waals surface area contributed by atoms with Crippen LogP contribution in [0.15, 0.2) is 24.3 Å². The Morgan fingerprint density at radius 2 is 2.05 bits per heavy atom. The minimum atomic E-state index is -0.493. The molecule has 120 valence electrons. The van der Waals surface area contributed by atoms with Gasteiger partial charge in [-0.2, -0.15) is 0 Å². The van der Waals surface area contributed by atoms with Gasteiger partial charge in [-0.1, -0.05) is 36.6 Å². The predicted molar refractivity (Wildman–Crippen MR) is 87.8 cm³/mol. The van der Waals surface area contributed by atoms with Crippen LogP contribution >= 0.6 is 11.6 Å². The fraction of sp³-hybridized carbons (Fsp3) is 0.529. The van der Waals surface area contributed by atoms with Gasteiger partial charge in [-0.25, -0.2) is 0 Å². The summed E-state index contributed by atoms with van der Waals surface area (Å²) < 4.78 is 0. The van der Waals surface area contributed by atoms with Gasteiger partial charge in [0.15, 0.2) is 0 Å². The van der Waals surface area contributed by atoms with E-state index in [-0.39, 0.29) is 17.9 Å². The average Bonchev–Trinajstić information content (AvgIpc) is 2.98. The number of halogens is 1. The first-order valence-corrected chi connectivity index (χ1v) is 8.26. The number of hydrogen-bond acceptors (Lipinski definition) is 2. The predicted octanol–water partition coefficient (Wildman–Crippen LogP) is 2.84. The van der Waals surface area contributed by atoms with E-state index in [4.69, 9.17) is 11.6 Å². The molecule has 4 nitrogen and oxygen atoms in total. The van der Waals surface area contributed by atoms with Gasteiger partial charge >= 0.3 is 0 Å². The molecule has 1 saturated carbocycles. The van der Waals surface area contributed by atoms with Crippen LogP contribution in [0.5, 0.6) is 0 Å². The lowest BCUT2D eigenvalue weighted by atomic mass is 10.1. The zero-order valence-electron chi connectivity index (χ0n) is 12.9. The maximum absolute atomic E-state index is 12.0. The summed E-state index contributed by atoms with van der Waals surface area (Å²) in [6.45, 7) is 1.72. The molecule has 0 saturated heterocycles. The van der Waals surface area contributed by atoms with Crippen molar-refractivity contribution >= 4 is 23.4 Å². The van der Waals surface area contributed by atoms with Gasteiger partial charge in [0.25, 0.3) is 0 Å². The van der Waals surface area contributed by atoms with Crippen LogP contribution in [0, 0.1) is 0 Å². The molecule has 1 fully saturated rings. The molecule has 0 spiro atoms. The molecule has 1 aliphatic carbocycles. The number of nitrogens with one attached hydrogen (secondary N) is 2. The average molecular weight is 323 g/mol. The van der Waals surface area contributed by atoms with E-state index in [0.29, 0.717) is 17.9 Å². The number of rotatable bonds is 6.